The van der Waals surface area contributed by atoms with Gasteiger partial charge in [0.15, 0.2) is 0 Å². The summed E-state index contributed by atoms with van der Waals surface area (Å²) in [5, 5.41) is 6.23. The van der Waals surface area contributed by atoms with Gasteiger partial charge in [0.05, 0.1) is 25.4 Å². The van der Waals surface area contributed by atoms with Crippen LogP contribution in [0.1, 0.15) is 15.9 Å². The second kappa shape index (κ2) is 9.16. The topological polar surface area (TPSA) is 50.6 Å². The van der Waals surface area contributed by atoms with E-state index in [1.54, 1.807) is 7.11 Å². The lowest BCUT2D eigenvalue weighted by Gasteiger charge is -2.36. The fourth-order valence-corrected chi connectivity index (χ4v) is 4.51. The van der Waals surface area contributed by atoms with E-state index in [0.717, 1.165) is 41.0 Å². The predicted octanol–water partition coefficient (Wildman–Crippen LogP) is 4.71. The smallest absolute Gasteiger partial charge is 0.254 e. The summed E-state index contributed by atoms with van der Waals surface area (Å²) in [6.07, 6.45) is 1.83. The minimum absolute atomic E-state index is 0.0534. The number of fused-ring (bicyclic) bond motifs is 1. The van der Waals surface area contributed by atoms with Gasteiger partial charge in [-0.3, -0.25) is 9.48 Å². The van der Waals surface area contributed by atoms with Gasteiger partial charge in [-0.2, -0.15) is 5.10 Å². The number of nitrogens with zero attached hydrogens (tertiary/aromatic N) is 4. The molecule has 0 radical (unpaired) electrons. The van der Waals surface area contributed by atoms with Gasteiger partial charge in [0.1, 0.15) is 5.75 Å². The minimum atomic E-state index is 0.0534. The number of anilines is 1. The maximum Gasteiger partial charge on any atom is 0.254 e. The zero-order valence-electron chi connectivity index (χ0n) is 18.4. The Labute approximate surface area is 197 Å². The maximum absolute atomic E-state index is 13.3. The highest BCUT2D eigenvalue weighted by Crippen LogP contribution is 2.24. The van der Waals surface area contributed by atoms with Crippen molar-refractivity contribution in [3.8, 4) is 5.75 Å². The average molecular weight is 461 g/mol. The van der Waals surface area contributed by atoms with Crippen LogP contribution in [0.15, 0.2) is 72.9 Å². The van der Waals surface area contributed by atoms with Crippen LogP contribution in [-0.4, -0.2) is 53.9 Å². The van der Waals surface area contributed by atoms with Crippen molar-refractivity contribution in [3.63, 3.8) is 0 Å². The van der Waals surface area contributed by atoms with Crippen LogP contribution in [0.5, 0.6) is 5.75 Å². The molecule has 0 atom stereocenters. The SMILES string of the molecule is COc1cccc(N2CCN(C(=O)c3ccc4cnn(Cc5cccc(Cl)c5)c4c3)CC2)c1. The van der Waals surface area contributed by atoms with E-state index >= 15 is 0 Å². The number of rotatable bonds is 5. The molecule has 1 saturated heterocycles. The summed E-state index contributed by atoms with van der Waals surface area (Å²) < 4.78 is 7.25. The van der Waals surface area contributed by atoms with E-state index in [0.29, 0.717) is 30.2 Å². The second-order valence-electron chi connectivity index (χ2n) is 8.19. The highest BCUT2D eigenvalue weighted by atomic mass is 35.5. The van der Waals surface area contributed by atoms with Crippen molar-refractivity contribution < 1.29 is 9.53 Å². The fourth-order valence-electron chi connectivity index (χ4n) is 4.30. The van der Waals surface area contributed by atoms with Crippen LogP contribution in [-0.2, 0) is 6.54 Å². The zero-order chi connectivity index (χ0) is 22.8. The molecule has 0 spiro atoms. The molecule has 5 rings (SSSR count). The molecule has 1 aliphatic rings. The van der Waals surface area contributed by atoms with Crippen molar-refractivity contribution >= 4 is 34.1 Å². The first-order chi connectivity index (χ1) is 16.1. The molecule has 0 unspecified atom stereocenters. The van der Waals surface area contributed by atoms with Gasteiger partial charge < -0.3 is 14.5 Å². The Kier molecular flexibility index (Phi) is 5.92. The van der Waals surface area contributed by atoms with Crippen LogP contribution in [0.25, 0.3) is 10.9 Å². The third kappa shape index (κ3) is 4.52. The van der Waals surface area contributed by atoms with Crippen LogP contribution >= 0.6 is 11.6 Å². The van der Waals surface area contributed by atoms with Crippen LogP contribution < -0.4 is 9.64 Å². The summed E-state index contributed by atoms with van der Waals surface area (Å²) >= 11 is 6.13. The number of hydrogen-bond acceptors (Lipinski definition) is 4. The Morgan fingerprint density at radius 2 is 1.82 bits per heavy atom. The lowest BCUT2D eigenvalue weighted by molar-refractivity contribution is 0.0747. The van der Waals surface area contributed by atoms with E-state index < -0.39 is 0 Å². The highest BCUT2D eigenvalue weighted by molar-refractivity contribution is 6.30. The monoisotopic (exact) mass is 460 g/mol. The molecule has 4 aromatic rings. The number of piperazine rings is 1. The number of aromatic nitrogens is 2. The van der Waals surface area contributed by atoms with Gasteiger partial charge in [-0.1, -0.05) is 35.9 Å². The number of carbonyl (C=O) groups excluding carboxylic acids is 1. The number of ether oxygens (including phenoxy) is 1. The predicted molar refractivity (Wildman–Crippen MR) is 131 cm³/mol. The van der Waals surface area contributed by atoms with Crippen molar-refractivity contribution in [1.29, 1.82) is 0 Å². The molecule has 0 bridgehead atoms. The molecule has 168 valence electrons. The van der Waals surface area contributed by atoms with Gasteiger partial charge in [-0.15, -0.1) is 0 Å². The molecular formula is C26H25ClN4O2. The maximum atomic E-state index is 13.3. The van der Waals surface area contributed by atoms with E-state index in [1.807, 2.05) is 76.4 Å². The summed E-state index contributed by atoms with van der Waals surface area (Å²) in [6.45, 7) is 3.52. The summed E-state index contributed by atoms with van der Waals surface area (Å²) in [6, 6.07) is 21.6. The summed E-state index contributed by atoms with van der Waals surface area (Å²) in [5.74, 6) is 0.895. The first kappa shape index (κ1) is 21.3. The van der Waals surface area contributed by atoms with E-state index in [9.17, 15) is 4.79 Å². The minimum Gasteiger partial charge on any atom is -0.497 e. The van der Waals surface area contributed by atoms with Gasteiger partial charge in [0.25, 0.3) is 5.91 Å². The van der Waals surface area contributed by atoms with Crippen LogP contribution in [0.4, 0.5) is 5.69 Å². The van der Waals surface area contributed by atoms with E-state index in [1.165, 1.54) is 0 Å². The molecule has 1 aromatic heterocycles. The van der Waals surface area contributed by atoms with Gasteiger partial charge in [-0.25, -0.2) is 0 Å². The Balaban J connectivity index is 1.30. The largest absolute Gasteiger partial charge is 0.497 e. The highest BCUT2D eigenvalue weighted by Gasteiger charge is 2.23. The van der Waals surface area contributed by atoms with E-state index in [4.69, 9.17) is 16.3 Å². The first-order valence-electron chi connectivity index (χ1n) is 11.0. The standard InChI is InChI=1S/C26H25ClN4O2/c1-33-24-7-3-6-23(16-24)29-10-12-30(13-11-29)26(32)20-8-9-21-17-28-31(25(21)15-20)18-19-4-2-5-22(27)14-19/h2-9,14-17H,10-13,18H2,1H3. The van der Waals surface area contributed by atoms with Crippen molar-refractivity contribution in [2.75, 3.05) is 38.2 Å². The fraction of sp³-hybridized carbons (Fsp3) is 0.231. The van der Waals surface area contributed by atoms with Crippen molar-refractivity contribution in [2.45, 2.75) is 6.54 Å². The molecule has 33 heavy (non-hydrogen) atoms. The average Bonchev–Trinajstić information content (AvgIpc) is 3.25. The van der Waals surface area contributed by atoms with Crippen molar-refractivity contribution in [3.05, 3.63) is 89.1 Å². The number of hydrogen-bond donors (Lipinski definition) is 0. The third-order valence-electron chi connectivity index (χ3n) is 6.10. The number of methoxy groups -OCH3 is 1. The van der Waals surface area contributed by atoms with E-state index in [-0.39, 0.29) is 5.91 Å². The molecule has 7 heteroatoms. The lowest BCUT2D eigenvalue weighted by atomic mass is 10.1. The molecule has 0 saturated carbocycles. The molecular weight excluding hydrogens is 436 g/mol. The van der Waals surface area contributed by atoms with Gasteiger partial charge in [0.2, 0.25) is 0 Å². The summed E-state index contributed by atoms with van der Waals surface area (Å²) in [5.41, 5.74) is 3.81. The number of amides is 1. The Bertz CT molecular complexity index is 1290. The van der Waals surface area contributed by atoms with Gasteiger partial charge >= 0.3 is 0 Å². The van der Waals surface area contributed by atoms with Crippen LogP contribution in [0.3, 0.4) is 0 Å². The zero-order valence-corrected chi connectivity index (χ0v) is 19.2. The van der Waals surface area contributed by atoms with Crippen molar-refractivity contribution in [1.82, 2.24) is 14.7 Å². The number of halogens is 1. The summed E-state index contributed by atoms with van der Waals surface area (Å²) in [4.78, 5) is 17.5. The van der Waals surface area contributed by atoms with Crippen LogP contribution in [0.2, 0.25) is 5.02 Å². The summed E-state index contributed by atoms with van der Waals surface area (Å²) in [7, 11) is 1.67. The molecule has 6 nitrogen and oxygen atoms in total. The van der Waals surface area contributed by atoms with Crippen LogP contribution in [0, 0.1) is 0 Å². The Morgan fingerprint density at radius 3 is 2.61 bits per heavy atom. The number of carbonyl (C=O) groups is 1. The molecule has 2 heterocycles. The van der Waals surface area contributed by atoms with Gasteiger partial charge in [0, 0.05) is 53.9 Å². The molecule has 1 aliphatic heterocycles. The second-order valence-corrected chi connectivity index (χ2v) is 8.62. The molecule has 3 aromatic carbocycles. The quantitative estimate of drug-likeness (QED) is 0.433. The Morgan fingerprint density at radius 1 is 1.00 bits per heavy atom. The molecule has 1 amide bonds. The molecule has 1 fully saturated rings. The van der Waals surface area contributed by atoms with E-state index in [2.05, 4.69) is 16.1 Å². The normalized spacial score (nSPS) is 14.0. The van der Waals surface area contributed by atoms with Crippen molar-refractivity contribution in [2.24, 2.45) is 0 Å². The third-order valence-corrected chi connectivity index (χ3v) is 6.33. The first-order valence-corrected chi connectivity index (χ1v) is 11.4. The number of benzene rings is 3. The Hall–Kier alpha value is -3.51. The molecule has 0 aliphatic carbocycles. The van der Waals surface area contributed by atoms with Gasteiger partial charge in [-0.05, 0) is 42.0 Å². The molecule has 0 N–H and O–H groups in total. The lowest BCUT2D eigenvalue weighted by Crippen LogP contribution is -2.48.